The fourth-order valence-corrected chi connectivity index (χ4v) is 2.53. The average molecular weight is 378 g/mol. The highest BCUT2D eigenvalue weighted by atomic mass is 35.5. The maximum Gasteiger partial charge on any atom is 0.331 e. The van der Waals surface area contributed by atoms with Crippen LogP contribution in [0.5, 0.6) is 0 Å². The molecule has 0 aliphatic heterocycles. The van der Waals surface area contributed by atoms with Gasteiger partial charge >= 0.3 is 5.97 Å². The number of esters is 1. The molecule has 0 aromatic heterocycles. The largest absolute Gasteiger partial charge is 0.452 e. The molecule has 130 valence electrons. The summed E-state index contributed by atoms with van der Waals surface area (Å²) < 4.78 is 4.91. The van der Waals surface area contributed by atoms with E-state index in [0.717, 1.165) is 16.7 Å². The van der Waals surface area contributed by atoms with Crippen LogP contribution < -0.4 is 5.32 Å². The normalized spacial score (nSPS) is 10.7. The van der Waals surface area contributed by atoms with Crippen LogP contribution in [0.25, 0.3) is 6.08 Å². The maximum atomic E-state index is 11.9. The molecule has 0 saturated carbocycles. The number of carbonyl (C=O) groups is 2. The van der Waals surface area contributed by atoms with Gasteiger partial charge in [0.25, 0.3) is 5.91 Å². The fraction of sp³-hybridized carbons (Fsp3) is 0.158. The summed E-state index contributed by atoms with van der Waals surface area (Å²) in [6.45, 7) is 3.32. The van der Waals surface area contributed by atoms with E-state index in [2.05, 4.69) is 5.32 Å². The van der Waals surface area contributed by atoms with Gasteiger partial charge in [0.05, 0.1) is 15.7 Å². The molecule has 6 heteroatoms. The molecule has 0 saturated heterocycles. The van der Waals surface area contributed by atoms with Crippen molar-refractivity contribution in [3.8, 4) is 0 Å². The molecule has 0 heterocycles. The van der Waals surface area contributed by atoms with E-state index in [1.165, 1.54) is 6.08 Å². The first-order valence-corrected chi connectivity index (χ1v) is 8.28. The number of benzene rings is 2. The number of amides is 1. The van der Waals surface area contributed by atoms with E-state index in [9.17, 15) is 9.59 Å². The lowest BCUT2D eigenvalue weighted by atomic mass is 10.1. The second-order valence-electron chi connectivity index (χ2n) is 5.46. The van der Waals surface area contributed by atoms with Crippen LogP contribution in [0, 0.1) is 13.8 Å². The summed E-state index contributed by atoms with van der Waals surface area (Å²) in [5.41, 5.74) is 3.04. The van der Waals surface area contributed by atoms with Gasteiger partial charge in [0.15, 0.2) is 6.61 Å². The fourth-order valence-electron chi connectivity index (χ4n) is 2.07. The smallest absolute Gasteiger partial charge is 0.331 e. The Morgan fingerprint density at radius 3 is 2.64 bits per heavy atom. The third-order valence-corrected chi connectivity index (χ3v) is 4.15. The van der Waals surface area contributed by atoms with Gasteiger partial charge < -0.3 is 10.1 Å². The van der Waals surface area contributed by atoms with Crippen LogP contribution in [0.1, 0.15) is 16.7 Å². The molecule has 0 unspecified atom stereocenters. The number of halogens is 2. The van der Waals surface area contributed by atoms with E-state index in [4.69, 9.17) is 27.9 Å². The predicted molar refractivity (Wildman–Crippen MR) is 101 cm³/mol. The van der Waals surface area contributed by atoms with Crippen molar-refractivity contribution >= 4 is 46.8 Å². The second-order valence-corrected chi connectivity index (χ2v) is 6.24. The first-order valence-electron chi connectivity index (χ1n) is 7.53. The third kappa shape index (κ3) is 5.62. The number of hydrogen-bond acceptors (Lipinski definition) is 3. The van der Waals surface area contributed by atoms with Crippen LogP contribution in [-0.4, -0.2) is 18.5 Å². The quantitative estimate of drug-likeness (QED) is 0.600. The van der Waals surface area contributed by atoms with Gasteiger partial charge in [-0.2, -0.15) is 0 Å². The highest BCUT2D eigenvalue weighted by Crippen LogP contribution is 2.32. The Morgan fingerprint density at radius 1 is 1.16 bits per heavy atom. The molecule has 0 bridgehead atoms. The Balaban J connectivity index is 1.90. The lowest BCUT2D eigenvalue weighted by molar-refractivity contribution is -0.142. The summed E-state index contributed by atoms with van der Waals surface area (Å²) in [6, 6.07) is 11.0. The standard InChI is InChI=1S/C19H17Cl2NO3/c1-12-4-3-5-14(10-12)7-9-17(24)25-11-16(23)22-19-15(20)8-6-13(2)18(19)21/h3-10H,11H2,1-2H3,(H,22,23)/b9-7+. The number of hydrogen-bond donors (Lipinski definition) is 1. The van der Waals surface area contributed by atoms with Crippen molar-refractivity contribution in [2.45, 2.75) is 13.8 Å². The number of aryl methyl sites for hydroxylation is 2. The van der Waals surface area contributed by atoms with Gasteiger partial charge in [-0.1, -0.05) is 59.1 Å². The molecule has 0 atom stereocenters. The molecular formula is C19H17Cl2NO3. The summed E-state index contributed by atoms with van der Waals surface area (Å²) in [5.74, 6) is -1.13. The second kappa shape index (κ2) is 8.70. The molecule has 1 amide bonds. The Kier molecular flexibility index (Phi) is 6.62. The van der Waals surface area contributed by atoms with E-state index in [1.807, 2.05) is 31.2 Å². The molecule has 2 rings (SSSR count). The van der Waals surface area contributed by atoms with Crippen LogP contribution in [0.4, 0.5) is 5.69 Å². The van der Waals surface area contributed by atoms with E-state index >= 15 is 0 Å². The highest BCUT2D eigenvalue weighted by Gasteiger charge is 2.12. The van der Waals surface area contributed by atoms with Crippen LogP contribution in [0.2, 0.25) is 10.0 Å². The molecule has 0 aliphatic carbocycles. The number of anilines is 1. The first kappa shape index (κ1) is 19.0. The topological polar surface area (TPSA) is 55.4 Å². The van der Waals surface area contributed by atoms with E-state index < -0.39 is 18.5 Å². The van der Waals surface area contributed by atoms with Crippen molar-refractivity contribution in [3.63, 3.8) is 0 Å². The van der Waals surface area contributed by atoms with Crippen molar-refractivity contribution in [2.24, 2.45) is 0 Å². The first-order chi connectivity index (χ1) is 11.9. The molecule has 0 spiro atoms. The highest BCUT2D eigenvalue weighted by molar-refractivity contribution is 6.40. The van der Waals surface area contributed by atoms with Gasteiger partial charge in [-0.05, 0) is 37.1 Å². The van der Waals surface area contributed by atoms with Gasteiger partial charge in [0.2, 0.25) is 0 Å². The summed E-state index contributed by atoms with van der Waals surface area (Å²) in [6.07, 6.45) is 2.90. The van der Waals surface area contributed by atoms with E-state index in [-0.39, 0.29) is 0 Å². The summed E-state index contributed by atoms with van der Waals surface area (Å²) in [4.78, 5) is 23.6. The lowest BCUT2D eigenvalue weighted by Gasteiger charge is -2.11. The molecule has 1 N–H and O–H groups in total. The minimum atomic E-state index is -0.613. The molecule has 0 radical (unpaired) electrons. The van der Waals surface area contributed by atoms with Crippen molar-refractivity contribution in [1.29, 1.82) is 0 Å². The van der Waals surface area contributed by atoms with Gasteiger partial charge in [-0.3, -0.25) is 4.79 Å². The molecule has 0 aliphatic rings. The van der Waals surface area contributed by atoms with Gasteiger partial charge in [-0.25, -0.2) is 4.79 Å². The monoisotopic (exact) mass is 377 g/mol. The van der Waals surface area contributed by atoms with Crippen molar-refractivity contribution in [2.75, 3.05) is 11.9 Å². The van der Waals surface area contributed by atoms with E-state index in [1.54, 1.807) is 25.1 Å². The van der Waals surface area contributed by atoms with Crippen LogP contribution in [0.3, 0.4) is 0 Å². The summed E-state index contributed by atoms with van der Waals surface area (Å²) in [5, 5.41) is 3.22. The Hall–Kier alpha value is -2.30. The van der Waals surface area contributed by atoms with Crippen LogP contribution >= 0.6 is 23.2 Å². The zero-order valence-corrected chi connectivity index (χ0v) is 15.3. The van der Waals surface area contributed by atoms with Gasteiger partial charge in [-0.15, -0.1) is 0 Å². The van der Waals surface area contributed by atoms with Crippen LogP contribution in [0.15, 0.2) is 42.5 Å². The molecule has 2 aromatic rings. The number of rotatable bonds is 5. The lowest BCUT2D eigenvalue weighted by Crippen LogP contribution is -2.20. The predicted octanol–water partition coefficient (Wildman–Crippen LogP) is 4.81. The number of nitrogens with one attached hydrogen (secondary N) is 1. The Bertz CT molecular complexity index is 831. The zero-order valence-electron chi connectivity index (χ0n) is 13.8. The average Bonchev–Trinajstić information content (AvgIpc) is 2.58. The zero-order chi connectivity index (χ0) is 18.4. The molecule has 4 nitrogen and oxygen atoms in total. The minimum absolute atomic E-state index is 0.305. The molecule has 2 aromatic carbocycles. The molecular weight excluding hydrogens is 361 g/mol. The maximum absolute atomic E-state index is 11.9. The molecule has 25 heavy (non-hydrogen) atoms. The minimum Gasteiger partial charge on any atom is -0.452 e. The Labute approximate surface area is 156 Å². The number of carbonyl (C=O) groups excluding carboxylic acids is 2. The third-order valence-electron chi connectivity index (χ3n) is 3.35. The van der Waals surface area contributed by atoms with Crippen molar-refractivity contribution in [1.82, 2.24) is 0 Å². The van der Waals surface area contributed by atoms with Crippen molar-refractivity contribution in [3.05, 3.63) is 69.2 Å². The summed E-state index contributed by atoms with van der Waals surface area (Å²) >= 11 is 12.1. The van der Waals surface area contributed by atoms with Gasteiger partial charge in [0.1, 0.15) is 0 Å². The SMILES string of the molecule is Cc1cccc(/C=C/C(=O)OCC(=O)Nc2c(Cl)ccc(C)c2Cl)c1. The van der Waals surface area contributed by atoms with Crippen LogP contribution in [-0.2, 0) is 14.3 Å². The van der Waals surface area contributed by atoms with Crippen molar-refractivity contribution < 1.29 is 14.3 Å². The number of ether oxygens (including phenoxy) is 1. The Morgan fingerprint density at radius 2 is 1.92 bits per heavy atom. The summed E-state index contributed by atoms with van der Waals surface area (Å²) in [7, 11) is 0. The molecule has 0 fully saturated rings. The van der Waals surface area contributed by atoms with Gasteiger partial charge in [0, 0.05) is 6.08 Å². The van der Waals surface area contributed by atoms with E-state index in [0.29, 0.717) is 15.7 Å².